The molecule has 0 aliphatic rings. The van der Waals surface area contributed by atoms with Gasteiger partial charge in [-0.1, -0.05) is 18.2 Å². The average molecular weight is 363 g/mol. The Hall–Kier alpha value is -2.25. The van der Waals surface area contributed by atoms with Crippen LogP contribution in [0, 0.1) is 5.82 Å². The third kappa shape index (κ3) is 5.65. The Morgan fingerprint density at radius 2 is 1.80 bits per heavy atom. The van der Waals surface area contributed by atoms with Gasteiger partial charge in [-0.05, 0) is 36.2 Å². The fourth-order valence-corrected chi connectivity index (χ4v) is 3.11. The molecule has 7 heteroatoms. The number of hydrogen-bond acceptors (Lipinski definition) is 4. The second-order valence-electron chi connectivity index (χ2n) is 6.03. The van der Waals surface area contributed by atoms with Crippen LogP contribution >= 0.6 is 11.3 Å². The third-order valence-electron chi connectivity index (χ3n) is 3.65. The van der Waals surface area contributed by atoms with Crippen LogP contribution in [0.25, 0.3) is 0 Å². The molecule has 0 saturated heterocycles. The lowest BCUT2D eigenvalue weighted by Crippen LogP contribution is -2.41. The van der Waals surface area contributed by atoms with Gasteiger partial charge in [0.1, 0.15) is 5.82 Å². The number of thiophene rings is 1. The first kappa shape index (κ1) is 19.1. The summed E-state index contributed by atoms with van der Waals surface area (Å²) in [6.45, 7) is 0.267. The highest BCUT2D eigenvalue weighted by Gasteiger charge is 2.19. The molecule has 1 atom stereocenters. The van der Waals surface area contributed by atoms with E-state index in [4.69, 9.17) is 0 Å². The minimum atomic E-state index is -0.342. The van der Waals surface area contributed by atoms with Crippen LogP contribution in [0.3, 0.4) is 0 Å². The maximum Gasteiger partial charge on any atom is 0.236 e. The molecule has 134 valence electrons. The van der Waals surface area contributed by atoms with Crippen LogP contribution < -0.4 is 5.32 Å². The van der Waals surface area contributed by atoms with E-state index in [0.717, 1.165) is 10.4 Å². The van der Waals surface area contributed by atoms with E-state index in [0.29, 0.717) is 0 Å². The largest absolute Gasteiger partial charge is 0.348 e. The lowest BCUT2D eigenvalue weighted by atomic mass is 10.1. The lowest BCUT2D eigenvalue weighted by Gasteiger charge is -2.22. The number of rotatable bonds is 7. The molecule has 2 amide bonds. The predicted molar refractivity (Wildman–Crippen MR) is 96.9 cm³/mol. The summed E-state index contributed by atoms with van der Waals surface area (Å²) in [6, 6.07) is 9.58. The molecule has 1 N–H and O–H groups in total. The Morgan fingerprint density at radius 3 is 2.36 bits per heavy atom. The van der Waals surface area contributed by atoms with Gasteiger partial charge in [0, 0.05) is 19.0 Å². The molecule has 1 aromatic heterocycles. The van der Waals surface area contributed by atoms with Gasteiger partial charge in [0.15, 0.2) is 0 Å². The summed E-state index contributed by atoms with van der Waals surface area (Å²) in [7, 11) is 5.08. The van der Waals surface area contributed by atoms with Crippen molar-refractivity contribution in [3.63, 3.8) is 0 Å². The van der Waals surface area contributed by atoms with Gasteiger partial charge >= 0.3 is 0 Å². The summed E-state index contributed by atoms with van der Waals surface area (Å²) < 4.78 is 13.2. The van der Waals surface area contributed by atoms with Crippen molar-refractivity contribution in [1.82, 2.24) is 15.1 Å². The smallest absolute Gasteiger partial charge is 0.236 e. The molecule has 1 aromatic carbocycles. The van der Waals surface area contributed by atoms with Crippen molar-refractivity contribution >= 4 is 23.2 Å². The van der Waals surface area contributed by atoms with Crippen molar-refractivity contribution in [2.45, 2.75) is 6.04 Å². The molecule has 0 spiro atoms. The van der Waals surface area contributed by atoms with E-state index in [-0.39, 0.29) is 36.8 Å². The van der Waals surface area contributed by atoms with Crippen LogP contribution in [0.15, 0.2) is 41.8 Å². The van der Waals surface area contributed by atoms with Crippen molar-refractivity contribution in [1.29, 1.82) is 0 Å². The summed E-state index contributed by atoms with van der Waals surface area (Å²) in [5, 5.41) is 4.90. The molecule has 0 aliphatic heterocycles. The van der Waals surface area contributed by atoms with Crippen molar-refractivity contribution in [3.05, 3.63) is 58.0 Å². The first-order chi connectivity index (χ1) is 11.9. The maximum absolute atomic E-state index is 13.2. The van der Waals surface area contributed by atoms with E-state index in [9.17, 15) is 14.0 Å². The zero-order chi connectivity index (χ0) is 18.4. The number of benzene rings is 1. The highest BCUT2D eigenvalue weighted by Crippen LogP contribution is 2.26. The molecule has 0 bridgehead atoms. The molecule has 2 rings (SSSR count). The molecule has 5 nitrogen and oxygen atoms in total. The molecule has 1 heterocycles. The van der Waals surface area contributed by atoms with Crippen LogP contribution in [-0.2, 0) is 9.59 Å². The van der Waals surface area contributed by atoms with Crippen LogP contribution in [0.4, 0.5) is 4.39 Å². The molecular weight excluding hydrogens is 341 g/mol. The molecule has 0 fully saturated rings. The number of nitrogens with zero attached hydrogens (tertiary/aromatic N) is 2. The molecule has 25 heavy (non-hydrogen) atoms. The van der Waals surface area contributed by atoms with Crippen molar-refractivity contribution < 1.29 is 14.0 Å². The van der Waals surface area contributed by atoms with E-state index >= 15 is 0 Å². The number of amides is 2. The van der Waals surface area contributed by atoms with E-state index < -0.39 is 0 Å². The number of halogens is 1. The molecule has 2 aromatic rings. The van der Waals surface area contributed by atoms with E-state index in [1.807, 2.05) is 17.5 Å². The second kappa shape index (κ2) is 8.73. The number of carbonyl (C=O) groups excluding carboxylic acids is 2. The monoisotopic (exact) mass is 363 g/mol. The summed E-state index contributed by atoms with van der Waals surface area (Å²) in [5.74, 6) is -0.581. The number of hydrogen-bond donors (Lipinski definition) is 1. The first-order valence-corrected chi connectivity index (χ1v) is 8.71. The molecule has 0 saturated carbocycles. The van der Waals surface area contributed by atoms with Gasteiger partial charge in [-0.2, -0.15) is 0 Å². The van der Waals surface area contributed by atoms with Gasteiger partial charge in [0.2, 0.25) is 11.8 Å². The van der Waals surface area contributed by atoms with Crippen LogP contribution in [0.1, 0.15) is 16.5 Å². The highest BCUT2D eigenvalue weighted by atomic mass is 32.1. The fourth-order valence-electron chi connectivity index (χ4n) is 2.31. The van der Waals surface area contributed by atoms with Gasteiger partial charge in [-0.3, -0.25) is 14.5 Å². The Kier molecular flexibility index (Phi) is 6.66. The second-order valence-corrected chi connectivity index (χ2v) is 7.01. The Balaban J connectivity index is 2.05. The normalized spacial score (nSPS) is 12.0. The first-order valence-electron chi connectivity index (χ1n) is 7.83. The van der Waals surface area contributed by atoms with E-state index in [2.05, 4.69) is 5.32 Å². The summed E-state index contributed by atoms with van der Waals surface area (Å²) in [5.41, 5.74) is 0.809. The third-order valence-corrected chi connectivity index (χ3v) is 4.59. The van der Waals surface area contributed by atoms with Crippen molar-refractivity contribution in [2.75, 3.05) is 34.2 Å². The van der Waals surface area contributed by atoms with Gasteiger partial charge in [0.05, 0.1) is 19.1 Å². The Bertz CT molecular complexity index is 702. The number of likely N-dealkylation sites (N-methyl/N-ethyl adjacent to an activating group) is 2. The molecule has 1 unspecified atom stereocenters. The zero-order valence-corrected chi connectivity index (χ0v) is 15.3. The van der Waals surface area contributed by atoms with Crippen LogP contribution in [-0.4, -0.2) is 55.8 Å². The Morgan fingerprint density at radius 1 is 1.12 bits per heavy atom. The number of carbonyl (C=O) groups is 2. The van der Waals surface area contributed by atoms with Gasteiger partial charge in [-0.25, -0.2) is 4.39 Å². The topological polar surface area (TPSA) is 52.7 Å². The van der Waals surface area contributed by atoms with Gasteiger partial charge in [0.25, 0.3) is 0 Å². The SMILES string of the molecule is CN(CC(=O)NC(c1ccc(F)cc1)c1cccs1)CC(=O)N(C)C. The van der Waals surface area contributed by atoms with Crippen molar-refractivity contribution in [3.8, 4) is 0 Å². The summed E-state index contributed by atoms with van der Waals surface area (Å²) in [4.78, 5) is 28.2. The summed E-state index contributed by atoms with van der Waals surface area (Å²) >= 11 is 1.52. The van der Waals surface area contributed by atoms with Gasteiger partial charge in [-0.15, -0.1) is 11.3 Å². The average Bonchev–Trinajstić information content (AvgIpc) is 3.07. The fraction of sp³-hybridized carbons (Fsp3) is 0.333. The molecular formula is C18H22FN3O2S. The maximum atomic E-state index is 13.2. The quantitative estimate of drug-likeness (QED) is 0.820. The zero-order valence-electron chi connectivity index (χ0n) is 14.5. The minimum absolute atomic E-state index is 0.0661. The summed E-state index contributed by atoms with van der Waals surface area (Å²) in [6.07, 6.45) is 0. The van der Waals surface area contributed by atoms with E-state index in [1.54, 1.807) is 38.2 Å². The Labute approximate surface area is 151 Å². The standard InChI is InChI=1S/C18H22FN3O2S/c1-21(2)17(24)12-22(3)11-16(23)20-18(15-5-4-10-25-15)13-6-8-14(19)9-7-13/h4-10,18H,11-12H2,1-3H3,(H,20,23). The van der Waals surface area contributed by atoms with Crippen molar-refractivity contribution in [2.24, 2.45) is 0 Å². The lowest BCUT2D eigenvalue weighted by molar-refractivity contribution is -0.130. The highest BCUT2D eigenvalue weighted by molar-refractivity contribution is 7.10. The van der Waals surface area contributed by atoms with E-state index in [1.165, 1.54) is 28.4 Å². The molecule has 0 radical (unpaired) electrons. The minimum Gasteiger partial charge on any atom is -0.348 e. The number of nitrogens with one attached hydrogen (secondary N) is 1. The van der Waals surface area contributed by atoms with Gasteiger partial charge < -0.3 is 10.2 Å². The predicted octanol–water partition coefficient (Wildman–Crippen LogP) is 2.11. The van der Waals surface area contributed by atoms with Crippen LogP contribution in [0.2, 0.25) is 0 Å². The van der Waals surface area contributed by atoms with Crippen LogP contribution in [0.5, 0.6) is 0 Å². The molecule has 0 aliphatic carbocycles.